The van der Waals surface area contributed by atoms with Gasteiger partial charge in [-0.05, 0) is 43.2 Å². The Balaban J connectivity index is 2.04. The van der Waals surface area contributed by atoms with Gasteiger partial charge in [0.2, 0.25) is 0 Å². The molecule has 0 N–H and O–H groups in total. The van der Waals surface area contributed by atoms with Gasteiger partial charge in [0.25, 0.3) is 0 Å². The average Bonchev–Trinajstić information content (AvgIpc) is 2.59. The van der Waals surface area contributed by atoms with Crippen LogP contribution < -0.4 is 0 Å². The van der Waals surface area contributed by atoms with Crippen LogP contribution in [0.1, 0.15) is 47.9 Å². The van der Waals surface area contributed by atoms with Gasteiger partial charge in [0.15, 0.2) is 0 Å². The van der Waals surface area contributed by atoms with E-state index in [1.807, 2.05) is 0 Å². The average molecular weight is 322 g/mol. The molecule has 16 heavy (non-hydrogen) atoms. The first-order valence-electron chi connectivity index (χ1n) is 5.98. The highest BCUT2D eigenvalue weighted by Crippen LogP contribution is 2.45. The van der Waals surface area contributed by atoms with Crippen LogP contribution in [0.3, 0.4) is 0 Å². The molecule has 90 valence electrons. The lowest BCUT2D eigenvalue weighted by molar-refractivity contribution is 0.288. The molecule has 0 aliphatic heterocycles. The van der Waals surface area contributed by atoms with Crippen LogP contribution in [0.15, 0.2) is 6.07 Å². The fourth-order valence-corrected chi connectivity index (χ4v) is 4.66. The Morgan fingerprint density at radius 2 is 2.00 bits per heavy atom. The molecule has 1 aliphatic rings. The standard InChI is InChI=1S/C13H18BrClS/c1-8-3-5-10(6-4-8)12(14)11-7-9(2)13(15)16-11/h7-8,10,12H,3-6H2,1-2H3. The molecule has 0 aromatic carbocycles. The lowest BCUT2D eigenvalue weighted by atomic mass is 9.81. The van der Waals surface area contributed by atoms with E-state index in [4.69, 9.17) is 11.6 Å². The van der Waals surface area contributed by atoms with Crippen LogP contribution in [-0.4, -0.2) is 0 Å². The number of hydrogen-bond donors (Lipinski definition) is 0. The smallest absolute Gasteiger partial charge is 0.0960 e. The van der Waals surface area contributed by atoms with Crippen molar-refractivity contribution in [1.29, 1.82) is 0 Å². The largest absolute Gasteiger partial charge is 0.127 e. The first-order valence-corrected chi connectivity index (χ1v) is 8.09. The monoisotopic (exact) mass is 320 g/mol. The maximum atomic E-state index is 6.13. The quantitative estimate of drug-likeness (QED) is 0.588. The van der Waals surface area contributed by atoms with Crippen molar-refractivity contribution in [2.75, 3.05) is 0 Å². The fourth-order valence-electron chi connectivity index (χ4n) is 2.43. The maximum Gasteiger partial charge on any atom is 0.0960 e. The molecule has 1 heterocycles. The van der Waals surface area contributed by atoms with E-state index in [-0.39, 0.29) is 0 Å². The Labute approximate surface area is 116 Å². The highest BCUT2D eigenvalue weighted by molar-refractivity contribution is 9.09. The SMILES string of the molecule is Cc1cc(C(Br)C2CCC(C)CC2)sc1Cl. The van der Waals surface area contributed by atoms with Gasteiger partial charge in [-0.25, -0.2) is 0 Å². The summed E-state index contributed by atoms with van der Waals surface area (Å²) in [6, 6.07) is 2.24. The van der Waals surface area contributed by atoms with Gasteiger partial charge in [-0.1, -0.05) is 47.3 Å². The molecule has 0 saturated heterocycles. The van der Waals surface area contributed by atoms with Crippen molar-refractivity contribution in [1.82, 2.24) is 0 Å². The van der Waals surface area contributed by atoms with E-state index < -0.39 is 0 Å². The molecule has 1 fully saturated rings. The first kappa shape index (κ1) is 12.9. The van der Waals surface area contributed by atoms with Crippen molar-refractivity contribution in [2.24, 2.45) is 11.8 Å². The molecule has 0 bridgehead atoms. The van der Waals surface area contributed by atoms with Crippen molar-refractivity contribution in [3.63, 3.8) is 0 Å². The predicted octanol–water partition coefficient (Wildman–Crippen LogP) is 5.97. The molecule has 1 saturated carbocycles. The van der Waals surface area contributed by atoms with Gasteiger partial charge < -0.3 is 0 Å². The molecule has 1 aliphatic carbocycles. The van der Waals surface area contributed by atoms with Gasteiger partial charge in [-0.15, -0.1) is 11.3 Å². The van der Waals surface area contributed by atoms with E-state index >= 15 is 0 Å². The second-order valence-corrected chi connectivity index (χ2v) is 7.70. The van der Waals surface area contributed by atoms with Crippen LogP contribution in [0, 0.1) is 18.8 Å². The van der Waals surface area contributed by atoms with Gasteiger partial charge in [0, 0.05) is 4.88 Å². The molecule has 0 spiro atoms. The third kappa shape index (κ3) is 2.83. The Hall–Kier alpha value is 0.470. The minimum absolute atomic E-state index is 0.510. The molecule has 2 rings (SSSR count). The van der Waals surface area contributed by atoms with Crippen LogP contribution in [0.5, 0.6) is 0 Å². The van der Waals surface area contributed by atoms with E-state index in [1.165, 1.54) is 36.1 Å². The number of halogens is 2. The molecular weight excluding hydrogens is 304 g/mol. The van der Waals surface area contributed by atoms with E-state index in [2.05, 4.69) is 35.8 Å². The normalized spacial score (nSPS) is 28.0. The van der Waals surface area contributed by atoms with Crippen LogP contribution in [0.4, 0.5) is 0 Å². The predicted molar refractivity (Wildman–Crippen MR) is 76.9 cm³/mol. The number of hydrogen-bond acceptors (Lipinski definition) is 1. The summed E-state index contributed by atoms with van der Waals surface area (Å²) in [7, 11) is 0. The summed E-state index contributed by atoms with van der Waals surface area (Å²) in [5, 5.41) is 0. The molecule has 1 aromatic heterocycles. The zero-order valence-corrected chi connectivity index (χ0v) is 13.0. The topological polar surface area (TPSA) is 0 Å². The number of thiophene rings is 1. The van der Waals surface area contributed by atoms with E-state index in [0.717, 1.165) is 16.2 Å². The lowest BCUT2D eigenvalue weighted by Crippen LogP contribution is -2.15. The molecule has 1 aromatic rings. The summed E-state index contributed by atoms with van der Waals surface area (Å²) in [6.45, 7) is 4.45. The molecular formula is C13H18BrClS. The summed E-state index contributed by atoms with van der Waals surface area (Å²) < 4.78 is 0.948. The van der Waals surface area contributed by atoms with E-state index in [9.17, 15) is 0 Å². The molecule has 0 amide bonds. The minimum atomic E-state index is 0.510. The molecule has 0 radical (unpaired) electrons. The zero-order chi connectivity index (χ0) is 11.7. The fraction of sp³-hybridized carbons (Fsp3) is 0.692. The number of alkyl halides is 1. The third-order valence-electron chi connectivity index (χ3n) is 3.62. The summed E-state index contributed by atoms with van der Waals surface area (Å²) in [5.74, 6) is 1.72. The highest BCUT2D eigenvalue weighted by atomic mass is 79.9. The second kappa shape index (κ2) is 5.41. The molecule has 3 heteroatoms. The third-order valence-corrected chi connectivity index (χ3v) is 6.80. The maximum absolute atomic E-state index is 6.13. The molecule has 1 atom stereocenters. The van der Waals surface area contributed by atoms with Crippen molar-refractivity contribution in [2.45, 2.75) is 44.4 Å². The van der Waals surface area contributed by atoms with Crippen LogP contribution in [0.25, 0.3) is 0 Å². The van der Waals surface area contributed by atoms with Crippen molar-refractivity contribution in [3.05, 3.63) is 20.8 Å². The van der Waals surface area contributed by atoms with Crippen molar-refractivity contribution in [3.8, 4) is 0 Å². The van der Waals surface area contributed by atoms with Gasteiger partial charge >= 0.3 is 0 Å². The van der Waals surface area contributed by atoms with Gasteiger partial charge in [-0.2, -0.15) is 0 Å². The zero-order valence-electron chi connectivity index (χ0n) is 9.80. The minimum Gasteiger partial charge on any atom is -0.127 e. The van der Waals surface area contributed by atoms with Gasteiger partial charge in [0.05, 0.1) is 9.16 Å². The Morgan fingerprint density at radius 1 is 1.38 bits per heavy atom. The summed E-state index contributed by atoms with van der Waals surface area (Å²) in [6.07, 6.45) is 5.47. The van der Waals surface area contributed by atoms with E-state index in [1.54, 1.807) is 11.3 Å². The lowest BCUT2D eigenvalue weighted by Gasteiger charge is -2.29. The van der Waals surface area contributed by atoms with Crippen molar-refractivity contribution < 1.29 is 0 Å². The summed E-state index contributed by atoms with van der Waals surface area (Å²) >= 11 is 11.7. The summed E-state index contributed by atoms with van der Waals surface area (Å²) in [4.78, 5) is 1.92. The molecule has 1 unspecified atom stereocenters. The first-order chi connectivity index (χ1) is 7.58. The van der Waals surface area contributed by atoms with Crippen LogP contribution >= 0.6 is 38.9 Å². The van der Waals surface area contributed by atoms with E-state index in [0.29, 0.717) is 4.83 Å². The number of rotatable bonds is 2. The van der Waals surface area contributed by atoms with Crippen molar-refractivity contribution >= 4 is 38.9 Å². The van der Waals surface area contributed by atoms with Crippen LogP contribution in [-0.2, 0) is 0 Å². The Bertz CT molecular complexity index is 333. The number of aryl methyl sites for hydroxylation is 1. The second-order valence-electron chi connectivity index (χ2n) is 5.03. The Morgan fingerprint density at radius 3 is 2.50 bits per heavy atom. The summed E-state index contributed by atoms with van der Waals surface area (Å²) in [5.41, 5.74) is 1.22. The highest BCUT2D eigenvalue weighted by Gasteiger charge is 2.26. The molecule has 0 nitrogen and oxygen atoms in total. The Kier molecular flexibility index (Phi) is 4.37. The van der Waals surface area contributed by atoms with Crippen LogP contribution in [0.2, 0.25) is 4.34 Å². The van der Waals surface area contributed by atoms with Gasteiger partial charge in [0.1, 0.15) is 0 Å². The van der Waals surface area contributed by atoms with Gasteiger partial charge in [-0.3, -0.25) is 0 Å².